The Labute approximate surface area is 272 Å². The van der Waals surface area contributed by atoms with Gasteiger partial charge in [0.15, 0.2) is 0 Å². The highest BCUT2D eigenvalue weighted by Crippen LogP contribution is 2.49. The Balaban J connectivity index is 1.59. The number of fused-ring (bicyclic) bond motifs is 6. The molecular weight excluding hydrogens is 668 g/mol. The van der Waals surface area contributed by atoms with E-state index in [0.717, 1.165) is 42.6 Å². The lowest BCUT2D eigenvalue weighted by Crippen LogP contribution is -1.97. The normalized spacial score (nSPS) is 11.4. The van der Waals surface area contributed by atoms with Crippen LogP contribution in [0.5, 0.6) is 0 Å². The number of benzene rings is 6. The summed E-state index contributed by atoms with van der Waals surface area (Å²) in [6, 6.07) is 47.4. The van der Waals surface area contributed by atoms with Gasteiger partial charge in [-0.3, -0.25) is 9.97 Å². The van der Waals surface area contributed by atoms with Gasteiger partial charge >= 0.3 is 0 Å². The number of aromatic nitrogens is 2. The van der Waals surface area contributed by atoms with Crippen molar-refractivity contribution in [2.24, 2.45) is 0 Å². The van der Waals surface area contributed by atoms with Gasteiger partial charge in [0.25, 0.3) is 0 Å². The average Bonchev–Trinajstić information content (AvgIpc) is 3.09. The minimum Gasteiger partial charge on any atom is -0.256 e. The van der Waals surface area contributed by atoms with E-state index in [2.05, 4.69) is 153 Å². The summed E-state index contributed by atoms with van der Waals surface area (Å²) in [7, 11) is 0. The van der Waals surface area contributed by atoms with E-state index in [1.54, 1.807) is 0 Å². The van der Waals surface area contributed by atoms with Crippen LogP contribution in [0.4, 0.5) is 0 Å². The minimum atomic E-state index is 0.918. The monoisotopic (exact) mass is 690 g/mol. The molecule has 0 aliphatic heterocycles. The molecule has 6 aromatic carbocycles. The highest BCUT2D eigenvalue weighted by Gasteiger charge is 2.23. The number of nitrogens with zero attached hydrogens (tertiary/aromatic N) is 2. The molecule has 0 saturated carbocycles. The molecule has 8 aromatic rings. The third-order valence-electron chi connectivity index (χ3n) is 8.30. The summed E-state index contributed by atoms with van der Waals surface area (Å²) >= 11 is 7.24. The maximum absolute atomic E-state index is 4.90. The van der Waals surface area contributed by atoms with Crippen molar-refractivity contribution in [2.75, 3.05) is 0 Å². The van der Waals surface area contributed by atoms with Crippen LogP contribution in [0.15, 0.2) is 155 Å². The van der Waals surface area contributed by atoms with E-state index >= 15 is 0 Å². The summed E-state index contributed by atoms with van der Waals surface area (Å²) in [6.45, 7) is 0. The second-order valence-corrected chi connectivity index (χ2v) is 12.7. The van der Waals surface area contributed by atoms with E-state index in [9.17, 15) is 0 Å². The maximum atomic E-state index is 4.90. The Morgan fingerprint density at radius 1 is 0.386 bits per heavy atom. The zero-order valence-corrected chi connectivity index (χ0v) is 26.7. The van der Waals surface area contributed by atoms with E-state index in [-0.39, 0.29) is 0 Å². The number of hydrogen-bond acceptors (Lipinski definition) is 2. The smallest absolute Gasteiger partial charge is 0.0715 e. The van der Waals surface area contributed by atoms with E-state index in [4.69, 9.17) is 9.97 Å². The summed E-state index contributed by atoms with van der Waals surface area (Å²) in [5.74, 6) is 0. The number of pyridine rings is 2. The van der Waals surface area contributed by atoms with Gasteiger partial charge in [-0.15, -0.1) is 0 Å². The maximum Gasteiger partial charge on any atom is 0.0715 e. The van der Waals surface area contributed by atoms with Gasteiger partial charge in [-0.2, -0.15) is 0 Å². The molecule has 208 valence electrons. The lowest BCUT2D eigenvalue weighted by atomic mass is 9.82. The largest absolute Gasteiger partial charge is 0.256 e. The zero-order valence-electron chi connectivity index (χ0n) is 23.5. The first kappa shape index (κ1) is 26.9. The minimum absolute atomic E-state index is 0.918. The first-order valence-corrected chi connectivity index (χ1v) is 16.0. The van der Waals surface area contributed by atoms with Crippen molar-refractivity contribution in [3.63, 3.8) is 0 Å². The van der Waals surface area contributed by atoms with Crippen LogP contribution in [0.2, 0.25) is 0 Å². The SMILES string of the molecule is Brc1ccc(-c2ccc3c(c2)c2ccccc2c2c(-c4ccc(Br)cc4)c(-c4ccccn4)c(-c4ccccn4)cc32)cc1. The molecule has 4 heteroatoms. The third kappa shape index (κ3) is 4.62. The molecule has 0 amide bonds. The van der Waals surface area contributed by atoms with Crippen molar-refractivity contribution in [3.8, 4) is 44.8 Å². The van der Waals surface area contributed by atoms with Gasteiger partial charge in [0.1, 0.15) is 0 Å². The first-order valence-electron chi connectivity index (χ1n) is 14.5. The van der Waals surface area contributed by atoms with Crippen LogP contribution in [-0.2, 0) is 0 Å². The molecule has 0 bridgehead atoms. The Morgan fingerprint density at radius 3 is 1.61 bits per heavy atom. The average molecular weight is 692 g/mol. The second kappa shape index (κ2) is 11.1. The van der Waals surface area contributed by atoms with Crippen molar-refractivity contribution < 1.29 is 0 Å². The summed E-state index contributed by atoms with van der Waals surface area (Å²) in [6.07, 6.45) is 3.74. The molecule has 0 aliphatic carbocycles. The molecule has 0 atom stereocenters. The molecule has 44 heavy (non-hydrogen) atoms. The van der Waals surface area contributed by atoms with Gasteiger partial charge in [-0.25, -0.2) is 0 Å². The molecule has 0 N–H and O–H groups in total. The molecule has 0 radical (unpaired) electrons. The molecule has 2 heterocycles. The van der Waals surface area contributed by atoms with Gasteiger partial charge in [-0.1, -0.05) is 105 Å². The van der Waals surface area contributed by atoms with Crippen molar-refractivity contribution in [1.29, 1.82) is 0 Å². The molecule has 0 aliphatic rings. The molecule has 8 rings (SSSR count). The highest BCUT2D eigenvalue weighted by molar-refractivity contribution is 9.10. The lowest BCUT2D eigenvalue weighted by Gasteiger charge is -2.21. The predicted molar refractivity (Wildman–Crippen MR) is 192 cm³/mol. The van der Waals surface area contributed by atoms with Gasteiger partial charge in [0.2, 0.25) is 0 Å². The van der Waals surface area contributed by atoms with Crippen LogP contribution in [0.1, 0.15) is 0 Å². The molecule has 0 spiro atoms. The topological polar surface area (TPSA) is 25.8 Å². The van der Waals surface area contributed by atoms with Crippen molar-refractivity contribution in [1.82, 2.24) is 9.97 Å². The van der Waals surface area contributed by atoms with Gasteiger partial charge in [0, 0.05) is 38.0 Å². The lowest BCUT2D eigenvalue weighted by molar-refractivity contribution is 1.30. The fraction of sp³-hybridized carbons (Fsp3) is 0. The predicted octanol–water partition coefficient (Wildman–Crippen LogP) is 12.1. The van der Waals surface area contributed by atoms with E-state index < -0.39 is 0 Å². The zero-order chi connectivity index (χ0) is 29.6. The Morgan fingerprint density at radius 2 is 0.955 bits per heavy atom. The Bertz CT molecular complexity index is 2310. The van der Waals surface area contributed by atoms with Crippen LogP contribution in [0.3, 0.4) is 0 Å². The van der Waals surface area contributed by atoms with E-state index in [1.807, 2.05) is 24.5 Å². The Kier molecular flexibility index (Phi) is 6.82. The highest BCUT2D eigenvalue weighted by atomic mass is 79.9. The molecule has 2 nitrogen and oxygen atoms in total. The van der Waals surface area contributed by atoms with E-state index in [0.29, 0.717) is 0 Å². The summed E-state index contributed by atoms with van der Waals surface area (Å²) in [4.78, 5) is 9.75. The standard InChI is InChI=1S/C40H24Br2N2/c41-28-16-11-25(12-17-28)27-15-20-31-33(23-27)30-7-1-2-8-32(30)39-34(31)24-35(36-9-3-5-21-43-36)40(37-10-4-6-22-44-37)38(39)26-13-18-29(42)19-14-26/h1-24H. The van der Waals surface area contributed by atoms with Crippen molar-refractivity contribution in [2.45, 2.75) is 0 Å². The van der Waals surface area contributed by atoms with Crippen molar-refractivity contribution in [3.05, 3.63) is 155 Å². The van der Waals surface area contributed by atoms with Crippen LogP contribution in [0.25, 0.3) is 77.1 Å². The summed E-state index contributed by atoms with van der Waals surface area (Å²) < 4.78 is 2.12. The van der Waals surface area contributed by atoms with E-state index in [1.165, 1.54) is 43.4 Å². The first-order chi connectivity index (χ1) is 21.7. The molecule has 2 aromatic heterocycles. The summed E-state index contributed by atoms with van der Waals surface area (Å²) in [5, 5.41) is 7.29. The molecule has 0 fully saturated rings. The van der Waals surface area contributed by atoms with Gasteiger partial charge in [0.05, 0.1) is 11.4 Å². The summed E-state index contributed by atoms with van der Waals surface area (Å²) in [5.41, 5.74) is 8.64. The number of halogens is 2. The quantitative estimate of drug-likeness (QED) is 0.172. The number of rotatable bonds is 4. The van der Waals surface area contributed by atoms with Crippen LogP contribution < -0.4 is 0 Å². The molecule has 0 saturated heterocycles. The van der Waals surface area contributed by atoms with Crippen LogP contribution >= 0.6 is 31.9 Å². The third-order valence-corrected chi connectivity index (χ3v) is 9.35. The van der Waals surface area contributed by atoms with Crippen LogP contribution in [0, 0.1) is 0 Å². The molecule has 0 unspecified atom stereocenters. The second-order valence-electron chi connectivity index (χ2n) is 10.8. The fourth-order valence-corrected chi connectivity index (χ4v) is 6.87. The van der Waals surface area contributed by atoms with Gasteiger partial charge in [-0.05, 0) is 110 Å². The fourth-order valence-electron chi connectivity index (χ4n) is 6.34. The van der Waals surface area contributed by atoms with Gasteiger partial charge < -0.3 is 0 Å². The molecular formula is C40H24Br2N2. The van der Waals surface area contributed by atoms with Crippen molar-refractivity contribution >= 4 is 64.2 Å². The Hall–Kier alpha value is -4.64. The number of hydrogen-bond donors (Lipinski definition) is 0. The van der Waals surface area contributed by atoms with Crippen LogP contribution in [-0.4, -0.2) is 9.97 Å².